The van der Waals surface area contributed by atoms with Crippen molar-refractivity contribution in [1.82, 2.24) is 9.88 Å². The Morgan fingerprint density at radius 2 is 1.76 bits per heavy atom. The summed E-state index contributed by atoms with van der Waals surface area (Å²) in [7, 11) is 1.67. The molecule has 0 saturated carbocycles. The molecule has 0 bridgehead atoms. The van der Waals surface area contributed by atoms with Crippen LogP contribution in [0.1, 0.15) is 36.3 Å². The molecule has 6 heteroatoms. The van der Waals surface area contributed by atoms with Gasteiger partial charge < -0.3 is 19.4 Å². The molecule has 0 spiro atoms. The number of nitrogens with one attached hydrogen (secondary N) is 1. The molecule has 0 aliphatic carbocycles. The second-order valence-electron chi connectivity index (χ2n) is 8.73. The molecule has 3 aromatic rings. The van der Waals surface area contributed by atoms with Crippen molar-refractivity contribution in [3.8, 4) is 5.75 Å². The first-order chi connectivity index (χ1) is 16.1. The minimum absolute atomic E-state index is 0.0568. The van der Waals surface area contributed by atoms with Crippen molar-refractivity contribution in [2.24, 2.45) is 0 Å². The summed E-state index contributed by atoms with van der Waals surface area (Å²) in [6.45, 7) is 2.73. The maximum Gasteiger partial charge on any atom is 0.220 e. The van der Waals surface area contributed by atoms with Gasteiger partial charge in [0, 0.05) is 61.5 Å². The van der Waals surface area contributed by atoms with Gasteiger partial charge in [-0.25, -0.2) is 0 Å². The van der Waals surface area contributed by atoms with Crippen LogP contribution >= 0.6 is 11.6 Å². The fraction of sp³-hybridized carbons (Fsp3) is 0.370. The maximum atomic E-state index is 13.1. The highest BCUT2D eigenvalue weighted by Crippen LogP contribution is 2.35. The van der Waals surface area contributed by atoms with Crippen LogP contribution in [0, 0.1) is 0 Å². The van der Waals surface area contributed by atoms with Crippen molar-refractivity contribution in [2.45, 2.75) is 37.1 Å². The van der Waals surface area contributed by atoms with E-state index < -0.39 is 0 Å². The highest BCUT2D eigenvalue weighted by atomic mass is 35.5. The smallest absolute Gasteiger partial charge is 0.220 e. The molecule has 1 saturated heterocycles. The summed E-state index contributed by atoms with van der Waals surface area (Å²) in [5.41, 5.74) is 2.20. The number of ether oxygens (including phenoxy) is 2. The third-order valence-electron chi connectivity index (χ3n) is 6.65. The number of hydrogen-bond acceptors (Lipinski definition) is 3. The van der Waals surface area contributed by atoms with E-state index in [1.807, 2.05) is 60.9 Å². The number of carbonyl (C=O) groups is 1. The molecule has 33 heavy (non-hydrogen) atoms. The summed E-state index contributed by atoms with van der Waals surface area (Å²) in [5.74, 6) is 0.948. The quantitative estimate of drug-likeness (QED) is 0.472. The Morgan fingerprint density at radius 3 is 2.39 bits per heavy atom. The fourth-order valence-electron chi connectivity index (χ4n) is 4.61. The van der Waals surface area contributed by atoms with E-state index in [4.69, 9.17) is 21.1 Å². The summed E-state index contributed by atoms with van der Waals surface area (Å²) in [5, 5.41) is 3.95. The fourth-order valence-corrected chi connectivity index (χ4v) is 4.73. The Balaban J connectivity index is 1.46. The average molecular weight is 467 g/mol. The van der Waals surface area contributed by atoms with Crippen molar-refractivity contribution in [1.29, 1.82) is 0 Å². The zero-order valence-corrected chi connectivity index (χ0v) is 19.8. The van der Waals surface area contributed by atoms with E-state index in [1.54, 1.807) is 7.11 Å². The van der Waals surface area contributed by atoms with E-state index in [0.717, 1.165) is 30.7 Å². The molecular formula is C27H31ClN2O3. The second-order valence-corrected chi connectivity index (χ2v) is 9.17. The lowest BCUT2D eigenvalue weighted by Crippen LogP contribution is -2.44. The predicted octanol–water partition coefficient (Wildman–Crippen LogP) is 5.19. The zero-order valence-electron chi connectivity index (χ0n) is 19.0. The predicted molar refractivity (Wildman–Crippen MR) is 131 cm³/mol. The van der Waals surface area contributed by atoms with Crippen LogP contribution < -0.4 is 10.1 Å². The molecule has 0 radical (unpaired) electrons. The Bertz CT molecular complexity index is 1010. The molecular weight excluding hydrogens is 436 g/mol. The molecule has 5 nitrogen and oxygen atoms in total. The largest absolute Gasteiger partial charge is 0.497 e. The van der Waals surface area contributed by atoms with Crippen LogP contribution in [0.15, 0.2) is 73.1 Å². The molecule has 1 aliphatic rings. The SMILES string of the molecule is COc1ccc(C2(CNC(=O)C[C@H](Cn3cccc3)c3ccc(Cl)cc3)CCOCC2)cc1. The van der Waals surface area contributed by atoms with Crippen LogP contribution in [-0.4, -0.2) is 37.3 Å². The molecule has 1 amide bonds. The van der Waals surface area contributed by atoms with Gasteiger partial charge in [-0.3, -0.25) is 4.79 Å². The average Bonchev–Trinajstić information content (AvgIpc) is 3.37. The van der Waals surface area contributed by atoms with Gasteiger partial charge in [-0.2, -0.15) is 0 Å². The Hall–Kier alpha value is -2.76. The van der Waals surface area contributed by atoms with Crippen LogP contribution in [0.4, 0.5) is 0 Å². The van der Waals surface area contributed by atoms with E-state index in [1.165, 1.54) is 5.56 Å². The number of rotatable bonds is 9. The molecule has 1 aromatic heterocycles. The van der Waals surface area contributed by atoms with Gasteiger partial charge in [-0.1, -0.05) is 35.9 Å². The molecule has 4 rings (SSSR count). The van der Waals surface area contributed by atoms with Gasteiger partial charge in [0.15, 0.2) is 0 Å². The van der Waals surface area contributed by atoms with Crippen molar-refractivity contribution in [2.75, 3.05) is 26.9 Å². The Labute approximate surface area is 200 Å². The molecule has 1 aliphatic heterocycles. The van der Waals surface area contributed by atoms with Crippen LogP contribution in [0.5, 0.6) is 5.75 Å². The van der Waals surface area contributed by atoms with Crippen molar-refractivity contribution < 1.29 is 14.3 Å². The number of methoxy groups -OCH3 is 1. The highest BCUT2D eigenvalue weighted by molar-refractivity contribution is 6.30. The molecule has 174 valence electrons. The van der Waals surface area contributed by atoms with Gasteiger partial charge in [0.2, 0.25) is 5.91 Å². The van der Waals surface area contributed by atoms with Crippen LogP contribution in [0.3, 0.4) is 0 Å². The number of aromatic nitrogens is 1. The lowest BCUT2D eigenvalue weighted by atomic mass is 9.74. The summed E-state index contributed by atoms with van der Waals surface area (Å²) in [4.78, 5) is 13.1. The monoisotopic (exact) mass is 466 g/mol. The topological polar surface area (TPSA) is 52.5 Å². The summed E-state index contributed by atoms with van der Waals surface area (Å²) in [6.07, 6.45) is 6.23. The van der Waals surface area contributed by atoms with E-state index in [-0.39, 0.29) is 17.2 Å². The summed E-state index contributed by atoms with van der Waals surface area (Å²) >= 11 is 6.09. The van der Waals surface area contributed by atoms with Gasteiger partial charge in [0.05, 0.1) is 7.11 Å². The molecule has 0 unspecified atom stereocenters. The minimum atomic E-state index is -0.129. The van der Waals surface area contributed by atoms with E-state index in [0.29, 0.717) is 31.2 Å². The number of nitrogens with zero attached hydrogens (tertiary/aromatic N) is 1. The highest BCUT2D eigenvalue weighted by Gasteiger charge is 2.35. The first-order valence-electron chi connectivity index (χ1n) is 11.4. The van der Waals surface area contributed by atoms with E-state index >= 15 is 0 Å². The Kier molecular flexibility index (Phi) is 7.73. The molecule has 1 atom stereocenters. The number of halogens is 1. The summed E-state index contributed by atoms with van der Waals surface area (Å²) < 4.78 is 13.1. The first-order valence-corrected chi connectivity index (χ1v) is 11.8. The summed E-state index contributed by atoms with van der Waals surface area (Å²) in [6, 6.07) is 20.0. The van der Waals surface area contributed by atoms with Crippen LogP contribution in [0.2, 0.25) is 5.02 Å². The second kappa shape index (κ2) is 10.9. The third-order valence-corrected chi connectivity index (χ3v) is 6.90. The molecule has 2 aromatic carbocycles. The van der Waals surface area contributed by atoms with Crippen molar-refractivity contribution >= 4 is 17.5 Å². The normalized spacial score (nSPS) is 16.2. The lowest BCUT2D eigenvalue weighted by Gasteiger charge is -2.38. The molecule has 1 fully saturated rings. The Morgan fingerprint density at radius 1 is 1.09 bits per heavy atom. The van der Waals surface area contributed by atoms with Crippen molar-refractivity contribution in [3.05, 3.63) is 89.2 Å². The van der Waals surface area contributed by atoms with Crippen molar-refractivity contribution in [3.63, 3.8) is 0 Å². The number of benzene rings is 2. The lowest BCUT2D eigenvalue weighted by molar-refractivity contribution is -0.122. The standard InChI is InChI=1S/C27H31ClN2O3/c1-32-25-10-6-23(7-11-25)27(12-16-33-17-13-27)20-29-26(31)18-22(19-30-14-2-3-15-30)21-4-8-24(28)9-5-21/h2-11,14-15,22H,12-13,16-20H2,1H3,(H,29,31)/t22-/m1/s1. The first kappa shape index (κ1) is 23.4. The zero-order chi connectivity index (χ0) is 23.1. The molecule has 1 N–H and O–H groups in total. The maximum absolute atomic E-state index is 13.1. The van der Waals surface area contributed by atoms with E-state index in [9.17, 15) is 4.79 Å². The van der Waals surface area contributed by atoms with Gasteiger partial charge >= 0.3 is 0 Å². The van der Waals surface area contributed by atoms with Crippen LogP contribution in [-0.2, 0) is 21.5 Å². The van der Waals surface area contributed by atoms with Gasteiger partial charge in [0.25, 0.3) is 0 Å². The number of amides is 1. The molecule has 2 heterocycles. The van der Waals surface area contributed by atoms with Gasteiger partial charge in [-0.05, 0) is 60.4 Å². The third kappa shape index (κ3) is 5.98. The number of hydrogen-bond donors (Lipinski definition) is 1. The van der Waals surface area contributed by atoms with Gasteiger partial charge in [0.1, 0.15) is 5.75 Å². The van der Waals surface area contributed by atoms with E-state index in [2.05, 4.69) is 22.0 Å². The van der Waals surface area contributed by atoms with Crippen LogP contribution in [0.25, 0.3) is 0 Å². The van der Waals surface area contributed by atoms with Gasteiger partial charge in [-0.15, -0.1) is 0 Å². The number of carbonyl (C=O) groups excluding carboxylic acids is 1. The minimum Gasteiger partial charge on any atom is -0.497 e.